The molecule has 3 N–H and O–H groups in total. The Morgan fingerprint density at radius 3 is 2.31 bits per heavy atom. The molecule has 0 spiro atoms. The molecule has 2 amide bonds. The molecule has 0 saturated carbocycles. The molecule has 2 aromatic carbocycles. The van der Waals surface area contributed by atoms with Gasteiger partial charge in [-0.25, -0.2) is 14.4 Å². The van der Waals surface area contributed by atoms with Crippen LogP contribution in [0.5, 0.6) is 11.5 Å². The van der Waals surface area contributed by atoms with Crippen molar-refractivity contribution in [2.24, 2.45) is 7.05 Å². The molecule has 0 aliphatic carbocycles. The summed E-state index contributed by atoms with van der Waals surface area (Å²) in [6, 6.07) is 11.2. The maximum Gasteiger partial charge on any atom is 0.412 e. The highest BCUT2D eigenvalue weighted by molar-refractivity contribution is 8.13. The van der Waals surface area contributed by atoms with E-state index in [2.05, 4.69) is 20.8 Å². The number of aromatic nitrogens is 3. The third-order valence-corrected chi connectivity index (χ3v) is 7.20. The number of hydrogen-bond acceptors (Lipinski definition) is 8. The third kappa shape index (κ3) is 6.54. The standard InChI is InChI=1S/C30H35N5O6S/c1-7-31-28(36)40-23-16-24(41-29(37)32-8-2)21(15-20(23)17(4)5)26-25(27(34-33-26)42-30(38)39-9-3)19-11-10-12-22-18(19)13-14-35(22)6/h10-17H,7-9H2,1-6H3,(H,31,36)(H,32,37)(H,33,34). The quantitative estimate of drug-likeness (QED) is 0.142. The third-order valence-electron chi connectivity index (χ3n) is 6.42. The molecule has 0 unspecified atom stereocenters. The van der Waals surface area contributed by atoms with Crippen LogP contribution in [0, 0.1) is 0 Å². The van der Waals surface area contributed by atoms with Gasteiger partial charge in [0, 0.05) is 66.2 Å². The summed E-state index contributed by atoms with van der Waals surface area (Å²) >= 11 is 0.868. The first kappa shape index (κ1) is 30.5. The zero-order valence-electron chi connectivity index (χ0n) is 24.5. The van der Waals surface area contributed by atoms with Crippen molar-refractivity contribution in [1.82, 2.24) is 25.4 Å². The number of carbonyl (C=O) groups is 3. The number of benzene rings is 2. The van der Waals surface area contributed by atoms with Crippen LogP contribution >= 0.6 is 11.8 Å². The van der Waals surface area contributed by atoms with E-state index in [9.17, 15) is 14.4 Å². The molecule has 4 aromatic rings. The summed E-state index contributed by atoms with van der Waals surface area (Å²) in [6.07, 6.45) is 0.662. The average Bonchev–Trinajstić information content (AvgIpc) is 3.52. The number of hydrogen-bond donors (Lipinski definition) is 3. The Balaban J connectivity index is 2.00. The van der Waals surface area contributed by atoms with E-state index in [1.165, 1.54) is 6.07 Å². The summed E-state index contributed by atoms with van der Waals surface area (Å²) in [5, 5.41) is 13.7. The van der Waals surface area contributed by atoms with Crippen molar-refractivity contribution in [1.29, 1.82) is 0 Å². The maximum atomic E-state index is 12.7. The van der Waals surface area contributed by atoms with Crippen molar-refractivity contribution in [2.75, 3.05) is 19.7 Å². The molecular weight excluding hydrogens is 558 g/mol. The topological polar surface area (TPSA) is 137 Å². The molecule has 2 heterocycles. The van der Waals surface area contributed by atoms with Gasteiger partial charge < -0.3 is 29.4 Å². The Kier molecular flexibility index (Phi) is 9.79. The monoisotopic (exact) mass is 593 g/mol. The molecule has 12 heteroatoms. The van der Waals surface area contributed by atoms with Crippen molar-refractivity contribution in [3.8, 4) is 33.9 Å². The number of fused-ring (bicyclic) bond motifs is 1. The number of aromatic amines is 1. The van der Waals surface area contributed by atoms with Crippen molar-refractivity contribution >= 4 is 40.2 Å². The summed E-state index contributed by atoms with van der Waals surface area (Å²) < 4.78 is 18.6. The lowest BCUT2D eigenvalue weighted by Crippen LogP contribution is -2.27. The van der Waals surface area contributed by atoms with Crippen molar-refractivity contribution < 1.29 is 28.6 Å². The largest absolute Gasteiger partial charge is 0.458 e. The Labute approximate surface area is 248 Å². The minimum atomic E-state index is -0.674. The van der Waals surface area contributed by atoms with Crippen LogP contribution < -0.4 is 20.1 Å². The first-order chi connectivity index (χ1) is 20.2. The second-order valence-corrected chi connectivity index (χ2v) is 10.5. The van der Waals surface area contributed by atoms with E-state index in [1.54, 1.807) is 20.8 Å². The number of thioether (sulfide) groups is 1. The second-order valence-electron chi connectivity index (χ2n) is 9.61. The van der Waals surface area contributed by atoms with Gasteiger partial charge >= 0.3 is 17.5 Å². The Morgan fingerprint density at radius 1 is 0.976 bits per heavy atom. The lowest BCUT2D eigenvalue weighted by atomic mass is 9.94. The maximum absolute atomic E-state index is 12.7. The number of H-pyrrole nitrogens is 1. The summed E-state index contributed by atoms with van der Waals surface area (Å²) in [7, 11) is 1.96. The van der Waals surface area contributed by atoms with Crippen LogP contribution in [0.2, 0.25) is 0 Å². The fourth-order valence-corrected chi connectivity index (χ4v) is 5.29. The zero-order chi connectivity index (χ0) is 30.4. The smallest absolute Gasteiger partial charge is 0.412 e. The summed E-state index contributed by atoms with van der Waals surface area (Å²) in [5.41, 5.74) is 4.17. The van der Waals surface area contributed by atoms with Crippen molar-refractivity contribution in [3.63, 3.8) is 0 Å². The van der Waals surface area contributed by atoms with E-state index >= 15 is 0 Å². The molecule has 222 valence electrons. The molecule has 0 atom stereocenters. The summed E-state index contributed by atoms with van der Waals surface area (Å²) in [5.74, 6) is 0.331. The van der Waals surface area contributed by atoms with Crippen LogP contribution in [0.1, 0.15) is 46.1 Å². The summed E-state index contributed by atoms with van der Waals surface area (Å²) in [4.78, 5) is 37.6. The van der Waals surface area contributed by atoms with E-state index in [-0.39, 0.29) is 24.0 Å². The molecule has 42 heavy (non-hydrogen) atoms. The van der Waals surface area contributed by atoms with E-state index in [1.807, 2.05) is 62.0 Å². The van der Waals surface area contributed by atoms with Gasteiger partial charge in [-0.05, 0) is 56.0 Å². The van der Waals surface area contributed by atoms with Gasteiger partial charge in [0.05, 0.1) is 12.3 Å². The second kappa shape index (κ2) is 13.5. The van der Waals surface area contributed by atoms with Gasteiger partial charge in [0.2, 0.25) is 0 Å². The van der Waals surface area contributed by atoms with E-state index in [0.717, 1.165) is 28.2 Å². The highest BCUT2D eigenvalue weighted by Gasteiger charge is 2.27. The van der Waals surface area contributed by atoms with Crippen molar-refractivity contribution in [3.05, 3.63) is 48.2 Å². The van der Waals surface area contributed by atoms with Gasteiger partial charge in [-0.3, -0.25) is 5.10 Å². The van der Waals surface area contributed by atoms with Gasteiger partial charge in [0.1, 0.15) is 16.5 Å². The average molecular weight is 594 g/mol. The summed E-state index contributed by atoms with van der Waals surface area (Å²) in [6.45, 7) is 10.2. The zero-order valence-corrected chi connectivity index (χ0v) is 25.3. The lowest BCUT2D eigenvalue weighted by molar-refractivity contribution is 0.181. The number of carbonyl (C=O) groups excluding carboxylic acids is 3. The number of nitrogens with zero attached hydrogens (tertiary/aromatic N) is 2. The molecule has 0 bridgehead atoms. The molecule has 0 saturated heterocycles. The fourth-order valence-electron chi connectivity index (χ4n) is 4.55. The molecule has 0 aliphatic heterocycles. The van der Waals surface area contributed by atoms with E-state index in [4.69, 9.17) is 14.2 Å². The number of amides is 2. The minimum absolute atomic E-state index is 0.0657. The van der Waals surface area contributed by atoms with Crippen LogP contribution in [0.3, 0.4) is 0 Å². The number of aryl methyl sites for hydroxylation is 1. The van der Waals surface area contributed by atoms with Crippen LogP contribution in [0.15, 0.2) is 47.6 Å². The Hall–Kier alpha value is -4.45. The lowest BCUT2D eigenvalue weighted by Gasteiger charge is -2.18. The highest BCUT2D eigenvalue weighted by Crippen LogP contribution is 2.46. The molecule has 2 aromatic heterocycles. The first-order valence-electron chi connectivity index (χ1n) is 13.7. The van der Waals surface area contributed by atoms with Gasteiger partial charge in [0.25, 0.3) is 0 Å². The first-order valence-corrected chi connectivity index (χ1v) is 14.6. The molecule has 0 fully saturated rings. The van der Waals surface area contributed by atoms with Crippen LogP contribution in [0.25, 0.3) is 33.3 Å². The van der Waals surface area contributed by atoms with Gasteiger partial charge in [-0.15, -0.1) is 0 Å². The fraction of sp³-hybridized carbons (Fsp3) is 0.333. The van der Waals surface area contributed by atoms with Gasteiger partial charge in [-0.1, -0.05) is 26.0 Å². The van der Waals surface area contributed by atoms with E-state index < -0.39 is 17.5 Å². The number of rotatable bonds is 9. The normalized spacial score (nSPS) is 11.0. The molecule has 0 radical (unpaired) electrons. The highest BCUT2D eigenvalue weighted by atomic mass is 32.2. The van der Waals surface area contributed by atoms with Gasteiger partial charge in [0.15, 0.2) is 0 Å². The van der Waals surface area contributed by atoms with Crippen LogP contribution in [-0.2, 0) is 11.8 Å². The molecule has 11 nitrogen and oxygen atoms in total. The number of nitrogens with one attached hydrogen (secondary N) is 3. The van der Waals surface area contributed by atoms with Gasteiger partial charge in [-0.2, -0.15) is 5.10 Å². The Bertz CT molecular complexity index is 1610. The predicted molar refractivity (Wildman–Crippen MR) is 162 cm³/mol. The minimum Gasteiger partial charge on any atom is -0.458 e. The SMILES string of the molecule is CCNC(=O)Oc1cc(OC(=O)NCC)c(C(C)C)cc1-c1[nH]nc(SC(=O)OCC)c1-c1cccc2c1ccn2C. The van der Waals surface area contributed by atoms with Crippen LogP contribution in [-0.4, -0.2) is 51.9 Å². The number of ether oxygens (including phenoxy) is 3. The van der Waals surface area contributed by atoms with Crippen LogP contribution in [0.4, 0.5) is 14.4 Å². The van der Waals surface area contributed by atoms with Crippen molar-refractivity contribution in [2.45, 2.75) is 45.6 Å². The van der Waals surface area contributed by atoms with E-state index in [0.29, 0.717) is 40.5 Å². The molecular formula is C30H35N5O6S. The molecule has 0 aliphatic rings. The molecule has 4 rings (SSSR count). The Morgan fingerprint density at radius 2 is 1.67 bits per heavy atom. The predicted octanol–water partition coefficient (Wildman–Crippen LogP) is 6.82.